The second-order valence-electron chi connectivity index (χ2n) is 12.5. The molecule has 1 aromatic carbocycles. The zero-order valence-corrected chi connectivity index (χ0v) is 23.5. The van der Waals surface area contributed by atoms with Crippen molar-refractivity contribution >= 4 is 15.7 Å². The van der Waals surface area contributed by atoms with Crippen LogP contribution >= 0.6 is 0 Å². The maximum Gasteiger partial charge on any atom is 0.239 e. The third-order valence-corrected chi connectivity index (χ3v) is 9.22. The molecule has 6 heteroatoms. The summed E-state index contributed by atoms with van der Waals surface area (Å²) in [5.41, 5.74) is 7.48. The molecule has 0 atom stereocenters. The summed E-state index contributed by atoms with van der Waals surface area (Å²) in [5.74, 6) is 0.563. The molecule has 0 unspecified atom stereocenters. The zero-order chi connectivity index (χ0) is 25.9. The van der Waals surface area contributed by atoms with Gasteiger partial charge in [0.25, 0.3) is 0 Å². The minimum atomic E-state index is -3.82. The second-order valence-corrected chi connectivity index (χ2v) is 14.0. The van der Waals surface area contributed by atoms with Gasteiger partial charge in [0, 0.05) is 36.4 Å². The van der Waals surface area contributed by atoms with E-state index in [9.17, 15) is 8.42 Å². The summed E-state index contributed by atoms with van der Waals surface area (Å²) in [6.07, 6.45) is 7.07. The van der Waals surface area contributed by atoms with Crippen molar-refractivity contribution in [2.45, 2.75) is 102 Å². The van der Waals surface area contributed by atoms with Crippen molar-refractivity contribution in [2.24, 2.45) is 11.1 Å². The number of aromatic nitrogens is 1. The number of nitrogens with zero attached hydrogens (tertiary/aromatic N) is 2. The molecule has 1 fully saturated rings. The van der Waals surface area contributed by atoms with Crippen molar-refractivity contribution < 1.29 is 8.42 Å². The fourth-order valence-electron chi connectivity index (χ4n) is 6.12. The van der Waals surface area contributed by atoms with Crippen LogP contribution in [0.4, 0.5) is 5.69 Å². The molecule has 192 valence electrons. The van der Waals surface area contributed by atoms with Crippen molar-refractivity contribution in [2.75, 3.05) is 11.9 Å². The fraction of sp³-hybridized carbons (Fsp3) is 0.586. The van der Waals surface area contributed by atoms with Gasteiger partial charge >= 0.3 is 0 Å². The largest absolute Gasteiger partial charge is 0.348 e. The first-order valence-corrected chi connectivity index (χ1v) is 14.5. The molecule has 1 saturated carbocycles. The quantitative estimate of drug-likeness (QED) is 0.516. The standard InChI is InChI=1S/C29H43N3O2S/c1-19-17-29(6,7)24-15-22(14-23(28(3,4)5)27(24)31(19)8)25-16-26(35(30,33)34)20(2)32(25)18-21-12-10-9-11-13-21/h14-16,21H,1,9-13,17-18H2,2-8H3,(H2,30,33,34). The number of hydrogen-bond acceptors (Lipinski definition) is 3. The Morgan fingerprint density at radius 3 is 2.31 bits per heavy atom. The van der Waals surface area contributed by atoms with Crippen LogP contribution in [0.2, 0.25) is 0 Å². The highest BCUT2D eigenvalue weighted by Crippen LogP contribution is 2.49. The molecule has 0 spiro atoms. The minimum Gasteiger partial charge on any atom is -0.348 e. The average molecular weight is 498 g/mol. The van der Waals surface area contributed by atoms with Gasteiger partial charge in [-0.25, -0.2) is 13.6 Å². The van der Waals surface area contributed by atoms with Crippen LogP contribution in [-0.2, 0) is 27.4 Å². The maximum atomic E-state index is 12.5. The van der Waals surface area contributed by atoms with Crippen LogP contribution in [0.25, 0.3) is 11.3 Å². The van der Waals surface area contributed by atoms with E-state index in [1.165, 1.54) is 48.9 Å². The number of rotatable bonds is 4. The van der Waals surface area contributed by atoms with Crippen LogP contribution in [0.3, 0.4) is 0 Å². The Balaban J connectivity index is 1.99. The number of anilines is 1. The van der Waals surface area contributed by atoms with Gasteiger partial charge in [-0.15, -0.1) is 0 Å². The Morgan fingerprint density at radius 2 is 1.74 bits per heavy atom. The first-order valence-electron chi connectivity index (χ1n) is 12.9. The highest BCUT2D eigenvalue weighted by molar-refractivity contribution is 7.89. The first-order chi connectivity index (χ1) is 16.1. The van der Waals surface area contributed by atoms with Gasteiger partial charge < -0.3 is 9.47 Å². The van der Waals surface area contributed by atoms with Crippen LogP contribution in [0, 0.1) is 12.8 Å². The summed E-state index contributed by atoms with van der Waals surface area (Å²) in [4.78, 5) is 2.48. The smallest absolute Gasteiger partial charge is 0.239 e. The van der Waals surface area contributed by atoms with Gasteiger partial charge in [-0.05, 0) is 77.8 Å². The Morgan fingerprint density at radius 1 is 1.11 bits per heavy atom. The summed E-state index contributed by atoms with van der Waals surface area (Å²) in [5, 5.41) is 5.68. The van der Waals surface area contributed by atoms with Crippen molar-refractivity contribution in [1.82, 2.24) is 4.57 Å². The summed E-state index contributed by atoms with van der Waals surface area (Å²) in [6, 6.07) is 6.36. The summed E-state index contributed by atoms with van der Waals surface area (Å²) >= 11 is 0. The Bertz CT molecular complexity index is 1240. The van der Waals surface area contributed by atoms with Crippen LogP contribution < -0.4 is 10.0 Å². The predicted molar refractivity (Wildman–Crippen MR) is 146 cm³/mol. The van der Waals surface area contributed by atoms with Crippen molar-refractivity contribution in [1.29, 1.82) is 0 Å². The van der Waals surface area contributed by atoms with Gasteiger partial charge in [0.15, 0.2) is 0 Å². The highest BCUT2D eigenvalue weighted by Gasteiger charge is 2.37. The molecule has 2 N–H and O–H groups in total. The fourth-order valence-corrected chi connectivity index (χ4v) is 6.92. The third kappa shape index (κ3) is 4.84. The predicted octanol–water partition coefficient (Wildman–Crippen LogP) is 6.62. The number of benzene rings is 1. The first kappa shape index (κ1) is 26.0. The van der Waals surface area contributed by atoms with Crippen molar-refractivity contribution in [3.05, 3.63) is 47.3 Å². The molecule has 5 nitrogen and oxygen atoms in total. The number of hydrogen-bond donors (Lipinski definition) is 1. The van der Waals surface area contributed by atoms with Crippen LogP contribution in [0.5, 0.6) is 0 Å². The molecule has 0 bridgehead atoms. The second kappa shape index (κ2) is 8.81. The molecule has 2 aromatic rings. The van der Waals surface area contributed by atoms with E-state index < -0.39 is 10.0 Å². The van der Waals surface area contributed by atoms with Crippen LogP contribution in [-0.4, -0.2) is 20.0 Å². The Labute approximate surface area is 212 Å². The molecular formula is C29H43N3O2S. The Hall–Kier alpha value is -2.05. The van der Waals surface area contributed by atoms with E-state index in [2.05, 4.69) is 69.8 Å². The number of sulfonamides is 1. The normalized spacial score (nSPS) is 19.2. The maximum absolute atomic E-state index is 12.5. The summed E-state index contributed by atoms with van der Waals surface area (Å²) in [6.45, 7) is 18.4. The lowest BCUT2D eigenvalue weighted by Crippen LogP contribution is -2.35. The SMILES string of the molecule is C=C1CC(C)(C)c2cc(-c3cc(S(N)(=O)=O)c(C)n3CC3CCCCC3)cc(C(C)(C)C)c2N1C. The molecule has 0 amide bonds. The lowest BCUT2D eigenvalue weighted by Gasteiger charge is -2.43. The van der Waals surface area contributed by atoms with E-state index in [1.54, 1.807) is 6.07 Å². The van der Waals surface area contributed by atoms with Gasteiger partial charge in [0.1, 0.15) is 4.90 Å². The van der Waals surface area contributed by atoms with E-state index in [-0.39, 0.29) is 15.7 Å². The highest BCUT2D eigenvalue weighted by atomic mass is 32.2. The minimum absolute atomic E-state index is 0.0758. The van der Waals surface area contributed by atoms with Crippen LogP contribution in [0.15, 0.2) is 35.4 Å². The summed E-state index contributed by atoms with van der Waals surface area (Å²) < 4.78 is 27.3. The number of fused-ring (bicyclic) bond motifs is 1. The monoisotopic (exact) mass is 497 g/mol. The number of nitrogens with two attached hydrogens (primary N) is 1. The molecule has 35 heavy (non-hydrogen) atoms. The van der Waals surface area contributed by atoms with Gasteiger partial charge in [-0.2, -0.15) is 0 Å². The number of primary sulfonamides is 1. The summed E-state index contributed by atoms with van der Waals surface area (Å²) in [7, 11) is -1.71. The molecule has 4 rings (SSSR count). The molecule has 1 aliphatic heterocycles. The third-order valence-electron chi connectivity index (χ3n) is 8.19. The van der Waals surface area contributed by atoms with Crippen LogP contribution in [0.1, 0.15) is 90.0 Å². The Kier molecular flexibility index (Phi) is 6.55. The average Bonchev–Trinajstić information content (AvgIpc) is 3.08. The number of allylic oxidation sites excluding steroid dienone is 1. The molecule has 2 aliphatic rings. The van der Waals surface area contributed by atoms with Crippen molar-refractivity contribution in [3.63, 3.8) is 0 Å². The molecule has 0 radical (unpaired) electrons. The van der Waals surface area contributed by atoms with E-state index in [4.69, 9.17) is 5.14 Å². The lowest BCUT2D eigenvalue weighted by molar-refractivity contribution is 0.318. The van der Waals surface area contributed by atoms with E-state index >= 15 is 0 Å². The zero-order valence-electron chi connectivity index (χ0n) is 22.7. The van der Waals surface area contributed by atoms with Crippen molar-refractivity contribution in [3.8, 4) is 11.3 Å². The molecule has 2 heterocycles. The van der Waals surface area contributed by atoms with E-state index in [0.29, 0.717) is 5.92 Å². The molecule has 1 aliphatic carbocycles. The van der Waals surface area contributed by atoms with E-state index in [1.807, 2.05) is 6.92 Å². The topological polar surface area (TPSA) is 68.3 Å². The molecule has 1 aromatic heterocycles. The lowest BCUT2D eigenvalue weighted by atomic mass is 9.72. The molecule has 0 saturated heterocycles. The van der Waals surface area contributed by atoms with Gasteiger partial charge in [0.05, 0.1) is 0 Å². The van der Waals surface area contributed by atoms with Gasteiger partial charge in [-0.3, -0.25) is 0 Å². The molecular weight excluding hydrogens is 454 g/mol. The van der Waals surface area contributed by atoms with Gasteiger partial charge in [-0.1, -0.05) is 60.5 Å². The van der Waals surface area contributed by atoms with Gasteiger partial charge in [0.2, 0.25) is 10.0 Å². The van der Waals surface area contributed by atoms with E-state index in [0.717, 1.165) is 35.6 Å².